The quantitative estimate of drug-likeness (QED) is 0.129. The summed E-state index contributed by atoms with van der Waals surface area (Å²) in [7, 11) is -4.24. The van der Waals surface area contributed by atoms with Gasteiger partial charge in [0.05, 0.1) is 21.2 Å². The number of ether oxygens (including phenoxy) is 1. The lowest BCUT2D eigenvalue weighted by molar-refractivity contribution is 0.0951. The fraction of sp³-hybridized carbons (Fsp3) is 0.0385. The third kappa shape index (κ3) is 6.44. The van der Waals surface area contributed by atoms with Crippen molar-refractivity contribution in [1.82, 2.24) is 5.32 Å². The highest BCUT2D eigenvalue weighted by molar-refractivity contribution is 7.92. The molecule has 1 amide bonds. The average Bonchev–Trinajstić information content (AvgIpc) is 2.89. The van der Waals surface area contributed by atoms with Crippen LogP contribution >= 0.6 is 23.2 Å². The Balaban J connectivity index is 1.53. The molecule has 0 aliphatic heterocycles. The number of halogens is 6. The second-order valence-electron chi connectivity index (χ2n) is 7.93. The van der Waals surface area contributed by atoms with E-state index in [1.807, 2.05) is 0 Å². The van der Waals surface area contributed by atoms with E-state index in [4.69, 9.17) is 27.9 Å². The van der Waals surface area contributed by atoms with Gasteiger partial charge in [0, 0.05) is 23.2 Å². The molecule has 0 heterocycles. The number of rotatable bonds is 8. The van der Waals surface area contributed by atoms with Crippen LogP contribution in [0, 0.1) is 23.3 Å². The molecule has 0 aromatic heterocycles. The van der Waals surface area contributed by atoms with Gasteiger partial charge >= 0.3 is 0 Å². The molecule has 39 heavy (non-hydrogen) atoms. The van der Waals surface area contributed by atoms with Crippen LogP contribution in [0.1, 0.15) is 15.9 Å². The number of para-hydroxylation sites is 1. The molecule has 0 unspecified atom stereocenters. The maximum atomic E-state index is 14.0. The van der Waals surface area contributed by atoms with Gasteiger partial charge in [0.25, 0.3) is 15.9 Å². The van der Waals surface area contributed by atoms with E-state index in [2.05, 4.69) is 10.0 Å². The lowest BCUT2D eigenvalue weighted by atomic mass is 10.1. The fourth-order valence-electron chi connectivity index (χ4n) is 3.37. The first-order valence-electron chi connectivity index (χ1n) is 10.9. The smallest absolute Gasteiger partial charge is 0.261 e. The molecule has 202 valence electrons. The Kier molecular flexibility index (Phi) is 8.34. The third-order valence-corrected chi connectivity index (χ3v) is 7.23. The number of anilines is 1. The van der Waals surface area contributed by atoms with Gasteiger partial charge in [-0.3, -0.25) is 9.52 Å². The molecule has 0 saturated carbocycles. The van der Waals surface area contributed by atoms with Crippen molar-refractivity contribution in [2.24, 2.45) is 0 Å². The molecule has 0 fully saturated rings. The maximum absolute atomic E-state index is 14.0. The highest BCUT2D eigenvalue weighted by Crippen LogP contribution is 2.30. The second-order valence-corrected chi connectivity index (χ2v) is 10.5. The number of carbonyl (C=O) groups excluding carboxylic acids is 1. The number of hydrogen-bond acceptors (Lipinski definition) is 4. The first-order valence-corrected chi connectivity index (χ1v) is 13.1. The van der Waals surface area contributed by atoms with Crippen molar-refractivity contribution in [1.29, 1.82) is 0 Å². The van der Waals surface area contributed by atoms with Gasteiger partial charge in [-0.15, -0.1) is 0 Å². The van der Waals surface area contributed by atoms with E-state index in [-0.39, 0.29) is 27.2 Å². The van der Waals surface area contributed by atoms with E-state index >= 15 is 0 Å². The summed E-state index contributed by atoms with van der Waals surface area (Å²) in [5.74, 6) is -7.17. The lowest BCUT2D eigenvalue weighted by Gasteiger charge is -2.14. The summed E-state index contributed by atoms with van der Waals surface area (Å²) in [5, 5.41) is 2.55. The molecular weight excluding hydrogens is 583 g/mol. The van der Waals surface area contributed by atoms with Gasteiger partial charge in [-0.25, -0.2) is 26.0 Å². The Hall–Kier alpha value is -3.80. The normalized spacial score (nSPS) is 11.2. The van der Waals surface area contributed by atoms with Crippen molar-refractivity contribution in [3.05, 3.63) is 117 Å². The number of amides is 1. The van der Waals surface area contributed by atoms with Crippen LogP contribution in [0.4, 0.5) is 23.2 Å². The van der Waals surface area contributed by atoms with E-state index < -0.39 is 51.3 Å². The zero-order valence-electron chi connectivity index (χ0n) is 19.4. The molecule has 4 aromatic rings. The number of carbonyl (C=O) groups is 1. The van der Waals surface area contributed by atoms with Crippen LogP contribution in [0.3, 0.4) is 0 Å². The molecule has 0 bridgehead atoms. The summed E-state index contributed by atoms with van der Waals surface area (Å²) >= 11 is 12.0. The molecule has 13 heteroatoms. The van der Waals surface area contributed by atoms with Crippen molar-refractivity contribution < 1.29 is 35.5 Å². The van der Waals surface area contributed by atoms with E-state index in [9.17, 15) is 30.8 Å². The van der Waals surface area contributed by atoms with Gasteiger partial charge in [-0.2, -0.15) is 0 Å². The summed E-state index contributed by atoms with van der Waals surface area (Å²) in [4.78, 5) is 12.6. The molecule has 4 aromatic carbocycles. The van der Waals surface area contributed by atoms with Crippen LogP contribution < -0.4 is 14.8 Å². The fourth-order valence-corrected chi connectivity index (χ4v) is 4.79. The number of hydrogen-bond donors (Lipinski definition) is 2. The Labute approximate surface area is 230 Å². The van der Waals surface area contributed by atoms with Crippen molar-refractivity contribution in [2.45, 2.75) is 11.4 Å². The summed E-state index contributed by atoms with van der Waals surface area (Å²) < 4.78 is 88.5. The Bertz CT molecular complexity index is 1670. The summed E-state index contributed by atoms with van der Waals surface area (Å²) in [6, 6.07) is 15.8. The summed E-state index contributed by atoms with van der Waals surface area (Å²) in [6.07, 6.45) is 0. The van der Waals surface area contributed by atoms with Crippen LogP contribution in [0.15, 0.2) is 77.7 Å². The minimum atomic E-state index is -4.24. The lowest BCUT2D eigenvalue weighted by Crippen LogP contribution is -2.26. The largest absolute Gasteiger partial charge is 0.456 e. The van der Waals surface area contributed by atoms with Gasteiger partial charge < -0.3 is 10.1 Å². The van der Waals surface area contributed by atoms with Crippen LogP contribution in [-0.4, -0.2) is 14.3 Å². The van der Waals surface area contributed by atoms with E-state index in [1.54, 1.807) is 24.3 Å². The molecule has 0 spiro atoms. The molecule has 0 aliphatic rings. The van der Waals surface area contributed by atoms with Crippen molar-refractivity contribution >= 4 is 44.8 Å². The van der Waals surface area contributed by atoms with E-state index in [0.717, 1.165) is 6.07 Å². The van der Waals surface area contributed by atoms with Gasteiger partial charge in [0.2, 0.25) is 0 Å². The Morgan fingerprint density at radius 1 is 0.846 bits per heavy atom. The number of nitrogens with one attached hydrogen (secondary N) is 2. The second kappa shape index (κ2) is 11.5. The number of sulfonamides is 1. The minimum Gasteiger partial charge on any atom is -0.456 e. The van der Waals surface area contributed by atoms with Crippen LogP contribution in [0.5, 0.6) is 11.5 Å². The Morgan fingerprint density at radius 2 is 1.54 bits per heavy atom. The Morgan fingerprint density at radius 3 is 2.23 bits per heavy atom. The number of benzene rings is 4. The highest BCUT2D eigenvalue weighted by atomic mass is 35.5. The van der Waals surface area contributed by atoms with Crippen molar-refractivity contribution in [3.8, 4) is 11.5 Å². The standard InChI is InChI=1S/C26H16Cl2F4N2O4S/c27-14-5-10-22(17(11-14)26(35)33-13-18-20(29)12-21(30)25(32)24(18)31)34-39(36,37)16-8-6-15(7-9-16)38-23-4-2-1-3-19(23)28/h1-12,34H,13H2,(H,33,35). The zero-order valence-corrected chi connectivity index (χ0v) is 21.8. The molecule has 0 atom stereocenters. The molecule has 6 nitrogen and oxygen atoms in total. The maximum Gasteiger partial charge on any atom is 0.261 e. The van der Waals surface area contributed by atoms with Crippen molar-refractivity contribution in [2.75, 3.05) is 4.72 Å². The van der Waals surface area contributed by atoms with Gasteiger partial charge in [0.15, 0.2) is 17.5 Å². The molecule has 0 radical (unpaired) electrons. The SMILES string of the molecule is O=C(NCc1c(F)cc(F)c(F)c1F)c1cc(Cl)ccc1NS(=O)(=O)c1ccc(Oc2ccccc2Cl)cc1. The molecule has 0 aliphatic carbocycles. The van der Waals surface area contributed by atoms with E-state index in [1.165, 1.54) is 36.4 Å². The minimum absolute atomic E-state index is 0.0503. The van der Waals surface area contributed by atoms with Crippen molar-refractivity contribution in [3.63, 3.8) is 0 Å². The molecule has 4 rings (SSSR count). The first-order chi connectivity index (χ1) is 18.5. The third-order valence-electron chi connectivity index (χ3n) is 5.30. The molecular formula is C26H16Cl2F4N2O4S. The predicted octanol–water partition coefficient (Wildman–Crippen LogP) is 7.07. The van der Waals surface area contributed by atoms with Crippen LogP contribution in [0.2, 0.25) is 10.0 Å². The topological polar surface area (TPSA) is 84.5 Å². The van der Waals surface area contributed by atoms with E-state index in [0.29, 0.717) is 16.5 Å². The van der Waals surface area contributed by atoms with Gasteiger partial charge in [-0.1, -0.05) is 35.3 Å². The summed E-state index contributed by atoms with van der Waals surface area (Å²) in [5.41, 5.74) is -1.43. The van der Waals surface area contributed by atoms with Crippen LogP contribution in [-0.2, 0) is 16.6 Å². The summed E-state index contributed by atoms with van der Waals surface area (Å²) in [6.45, 7) is -0.862. The average molecular weight is 599 g/mol. The molecule has 0 saturated heterocycles. The monoisotopic (exact) mass is 598 g/mol. The van der Waals surface area contributed by atoms with Gasteiger partial charge in [0.1, 0.15) is 17.3 Å². The first kappa shape index (κ1) is 28.2. The van der Waals surface area contributed by atoms with Crippen LogP contribution in [0.25, 0.3) is 0 Å². The predicted molar refractivity (Wildman–Crippen MR) is 138 cm³/mol. The molecule has 2 N–H and O–H groups in total. The zero-order chi connectivity index (χ0) is 28.3. The van der Waals surface area contributed by atoms with Gasteiger partial charge in [-0.05, 0) is 54.6 Å². The highest BCUT2D eigenvalue weighted by Gasteiger charge is 2.22.